The van der Waals surface area contributed by atoms with Crippen molar-refractivity contribution in [2.45, 2.75) is 12.6 Å². The first-order chi connectivity index (χ1) is 12.7. The number of hydrogen-bond donors (Lipinski definition) is 0. The molecule has 0 fully saturated rings. The number of carbonyl (C=O) groups excluding carboxylic acids is 1. The molecule has 7 heteroatoms. The number of alkyl halides is 3. The summed E-state index contributed by atoms with van der Waals surface area (Å²) in [7, 11) is 3.37. The molecule has 3 aromatic rings. The second-order valence-corrected chi connectivity index (χ2v) is 7.22. The number of thiazole rings is 1. The van der Waals surface area contributed by atoms with Crippen LogP contribution in [0.1, 0.15) is 26.5 Å². The first kappa shape index (κ1) is 19.1. The molecule has 0 spiro atoms. The van der Waals surface area contributed by atoms with E-state index in [1.807, 2.05) is 11.4 Å². The predicted octanol–water partition coefficient (Wildman–Crippen LogP) is 5.12. The van der Waals surface area contributed by atoms with Crippen molar-refractivity contribution in [1.82, 2.24) is 9.88 Å². The van der Waals surface area contributed by atoms with Gasteiger partial charge in [0.1, 0.15) is 0 Å². The SMILES string of the molecule is CN(C)C(=O)c1cccc(-c2csc(Cc3cccc(C(F)(F)F)c3)n2)c1. The zero-order valence-electron chi connectivity index (χ0n) is 14.7. The minimum Gasteiger partial charge on any atom is -0.345 e. The molecule has 27 heavy (non-hydrogen) atoms. The summed E-state index contributed by atoms with van der Waals surface area (Å²) in [5.41, 5.74) is 1.96. The van der Waals surface area contributed by atoms with E-state index in [0.717, 1.165) is 17.7 Å². The maximum atomic E-state index is 12.8. The number of rotatable bonds is 4. The summed E-state index contributed by atoms with van der Waals surface area (Å²) in [5, 5.41) is 2.57. The van der Waals surface area contributed by atoms with Crippen molar-refractivity contribution >= 4 is 17.2 Å². The Balaban J connectivity index is 1.82. The molecule has 0 saturated heterocycles. The lowest BCUT2D eigenvalue weighted by Crippen LogP contribution is -2.21. The minimum absolute atomic E-state index is 0.101. The molecule has 0 aliphatic heterocycles. The molecular weight excluding hydrogens is 373 g/mol. The third-order valence-electron chi connectivity index (χ3n) is 3.97. The van der Waals surface area contributed by atoms with Crippen molar-refractivity contribution in [2.75, 3.05) is 14.1 Å². The van der Waals surface area contributed by atoms with Crippen LogP contribution in [0.3, 0.4) is 0 Å². The standard InChI is InChI=1S/C20H17F3N2OS/c1-25(2)19(26)15-7-4-6-14(11-15)17-12-27-18(24-17)10-13-5-3-8-16(9-13)20(21,22)23/h3-9,11-12H,10H2,1-2H3. The van der Waals surface area contributed by atoms with Gasteiger partial charge in [-0.25, -0.2) is 4.98 Å². The molecule has 140 valence electrons. The van der Waals surface area contributed by atoms with Crippen molar-refractivity contribution in [3.05, 3.63) is 75.6 Å². The van der Waals surface area contributed by atoms with Gasteiger partial charge in [0.25, 0.3) is 5.91 Å². The van der Waals surface area contributed by atoms with Crippen LogP contribution in [0.15, 0.2) is 53.9 Å². The molecule has 0 unspecified atom stereocenters. The molecule has 0 atom stereocenters. The number of amides is 1. The third kappa shape index (κ3) is 4.54. The molecule has 0 N–H and O–H groups in total. The van der Waals surface area contributed by atoms with Crippen molar-refractivity contribution in [1.29, 1.82) is 0 Å². The van der Waals surface area contributed by atoms with E-state index in [0.29, 0.717) is 28.2 Å². The van der Waals surface area contributed by atoms with Gasteiger partial charge in [-0.2, -0.15) is 13.2 Å². The summed E-state index contributed by atoms with van der Waals surface area (Å²) in [6, 6.07) is 12.4. The number of benzene rings is 2. The Bertz CT molecular complexity index is 964. The van der Waals surface area contributed by atoms with Crippen LogP contribution in [0.5, 0.6) is 0 Å². The van der Waals surface area contributed by atoms with Gasteiger partial charge >= 0.3 is 6.18 Å². The maximum Gasteiger partial charge on any atom is 0.416 e. The predicted molar refractivity (Wildman–Crippen MR) is 99.8 cm³/mol. The molecule has 1 amide bonds. The normalized spacial score (nSPS) is 11.4. The second kappa shape index (κ2) is 7.52. The van der Waals surface area contributed by atoms with Crippen LogP contribution in [0.4, 0.5) is 13.2 Å². The molecule has 0 aliphatic rings. The zero-order valence-corrected chi connectivity index (χ0v) is 15.6. The number of aromatic nitrogens is 1. The highest BCUT2D eigenvalue weighted by Crippen LogP contribution is 2.30. The lowest BCUT2D eigenvalue weighted by Gasteiger charge is -2.10. The van der Waals surface area contributed by atoms with Gasteiger partial charge in [0.05, 0.1) is 16.3 Å². The minimum atomic E-state index is -4.36. The number of carbonyl (C=O) groups is 1. The zero-order chi connectivity index (χ0) is 19.6. The highest BCUT2D eigenvalue weighted by atomic mass is 32.1. The Morgan fingerprint density at radius 3 is 2.56 bits per heavy atom. The Labute approximate surface area is 159 Å². The lowest BCUT2D eigenvalue weighted by atomic mass is 10.1. The number of hydrogen-bond acceptors (Lipinski definition) is 3. The number of nitrogens with zero attached hydrogens (tertiary/aromatic N) is 2. The molecule has 0 aliphatic carbocycles. The van der Waals surface area contributed by atoms with Crippen LogP contribution in [0, 0.1) is 0 Å². The largest absolute Gasteiger partial charge is 0.416 e. The highest BCUT2D eigenvalue weighted by molar-refractivity contribution is 7.10. The second-order valence-electron chi connectivity index (χ2n) is 6.28. The summed E-state index contributed by atoms with van der Waals surface area (Å²) in [6.07, 6.45) is -4.03. The summed E-state index contributed by atoms with van der Waals surface area (Å²) in [5.74, 6) is -0.101. The summed E-state index contributed by atoms with van der Waals surface area (Å²) in [4.78, 5) is 18.1. The Morgan fingerprint density at radius 2 is 1.85 bits per heavy atom. The maximum absolute atomic E-state index is 12.8. The summed E-state index contributed by atoms with van der Waals surface area (Å²) in [6.45, 7) is 0. The Kier molecular flexibility index (Phi) is 5.32. The molecule has 1 heterocycles. The highest BCUT2D eigenvalue weighted by Gasteiger charge is 2.30. The topological polar surface area (TPSA) is 33.2 Å². The van der Waals surface area contributed by atoms with E-state index in [1.54, 1.807) is 38.4 Å². The van der Waals surface area contributed by atoms with Crippen LogP contribution >= 0.6 is 11.3 Å². The fraction of sp³-hybridized carbons (Fsp3) is 0.200. The van der Waals surface area contributed by atoms with Gasteiger partial charge in [-0.15, -0.1) is 11.3 Å². The van der Waals surface area contributed by atoms with E-state index < -0.39 is 11.7 Å². The van der Waals surface area contributed by atoms with Gasteiger partial charge < -0.3 is 4.90 Å². The average molecular weight is 390 g/mol. The van der Waals surface area contributed by atoms with E-state index >= 15 is 0 Å². The molecule has 1 aromatic heterocycles. The third-order valence-corrected chi connectivity index (χ3v) is 4.82. The van der Waals surface area contributed by atoms with Gasteiger partial charge in [-0.3, -0.25) is 4.79 Å². The van der Waals surface area contributed by atoms with Gasteiger partial charge in [0.2, 0.25) is 0 Å². The van der Waals surface area contributed by atoms with Crippen LogP contribution < -0.4 is 0 Å². The van der Waals surface area contributed by atoms with Crippen LogP contribution in [-0.2, 0) is 12.6 Å². The van der Waals surface area contributed by atoms with Gasteiger partial charge in [0, 0.05) is 37.0 Å². The molecule has 2 aromatic carbocycles. The smallest absolute Gasteiger partial charge is 0.345 e. The van der Waals surface area contributed by atoms with E-state index in [4.69, 9.17) is 0 Å². The first-order valence-electron chi connectivity index (χ1n) is 8.16. The van der Waals surface area contributed by atoms with E-state index in [-0.39, 0.29) is 5.91 Å². The molecule has 3 nitrogen and oxygen atoms in total. The number of halogens is 3. The van der Waals surface area contributed by atoms with Crippen molar-refractivity contribution in [3.63, 3.8) is 0 Å². The van der Waals surface area contributed by atoms with E-state index in [1.165, 1.54) is 22.3 Å². The van der Waals surface area contributed by atoms with Crippen LogP contribution in [0.2, 0.25) is 0 Å². The van der Waals surface area contributed by atoms with Crippen molar-refractivity contribution < 1.29 is 18.0 Å². The molecule has 3 rings (SSSR count). The van der Waals surface area contributed by atoms with E-state index in [9.17, 15) is 18.0 Å². The van der Waals surface area contributed by atoms with Gasteiger partial charge in [0.15, 0.2) is 0 Å². The van der Waals surface area contributed by atoms with E-state index in [2.05, 4.69) is 4.98 Å². The average Bonchev–Trinajstić information content (AvgIpc) is 3.09. The summed E-state index contributed by atoms with van der Waals surface area (Å²) < 4.78 is 38.5. The lowest BCUT2D eigenvalue weighted by molar-refractivity contribution is -0.137. The Morgan fingerprint density at radius 1 is 1.11 bits per heavy atom. The van der Waals surface area contributed by atoms with Gasteiger partial charge in [-0.05, 0) is 23.8 Å². The van der Waals surface area contributed by atoms with Crippen molar-refractivity contribution in [3.8, 4) is 11.3 Å². The van der Waals surface area contributed by atoms with Gasteiger partial charge in [-0.1, -0.05) is 30.3 Å². The fourth-order valence-electron chi connectivity index (χ4n) is 2.63. The Hall–Kier alpha value is -2.67. The van der Waals surface area contributed by atoms with Crippen molar-refractivity contribution in [2.24, 2.45) is 0 Å². The molecular formula is C20H17F3N2OS. The fourth-order valence-corrected chi connectivity index (χ4v) is 3.46. The van der Waals surface area contributed by atoms with Crippen LogP contribution in [0.25, 0.3) is 11.3 Å². The monoisotopic (exact) mass is 390 g/mol. The van der Waals surface area contributed by atoms with Crippen LogP contribution in [-0.4, -0.2) is 29.9 Å². The molecule has 0 radical (unpaired) electrons. The first-order valence-corrected chi connectivity index (χ1v) is 9.04. The quantitative estimate of drug-likeness (QED) is 0.619. The summed E-state index contributed by atoms with van der Waals surface area (Å²) >= 11 is 1.39. The molecule has 0 saturated carbocycles. The molecule has 0 bridgehead atoms.